The molecule has 1 atom stereocenters. The summed E-state index contributed by atoms with van der Waals surface area (Å²) < 4.78 is 27.0. The van der Waals surface area contributed by atoms with Crippen molar-refractivity contribution < 1.29 is 8.78 Å². The standard InChI is InChI=1S/C14H12BrClF2N2/c15-10-7-9(2-4-12(10)17)14(20-19)6-8-1-3-11(16)13(18)5-8/h1-5,7,14,20H,6,19H2. The number of benzene rings is 2. The molecule has 2 nitrogen and oxygen atoms in total. The molecule has 0 amide bonds. The Labute approximate surface area is 129 Å². The molecule has 1 unspecified atom stereocenters. The lowest BCUT2D eigenvalue weighted by Gasteiger charge is -2.17. The highest BCUT2D eigenvalue weighted by molar-refractivity contribution is 9.10. The monoisotopic (exact) mass is 360 g/mol. The first kappa shape index (κ1) is 15.4. The molecule has 0 aliphatic heterocycles. The van der Waals surface area contributed by atoms with Gasteiger partial charge >= 0.3 is 0 Å². The number of hydrazine groups is 1. The second-order valence-corrected chi connectivity index (χ2v) is 5.61. The third kappa shape index (κ3) is 3.55. The van der Waals surface area contributed by atoms with Gasteiger partial charge in [-0.1, -0.05) is 23.7 Å². The van der Waals surface area contributed by atoms with Crippen LogP contribution in [0.5, 0.6) is 0 Å². The number of hydrogen-bond donors (Lipinski definition) is 2. The highest BCUT2D eigenvalue weighted by Gasteiger charge is 2.13. The maximum Gasteiger partial charge on any atom is 0.142 e. The molecule has 2 rings (SSSR count). The van der Waals surface area contributed by atoms with Gasteiger partial charge in [0.1, 0.15) is 11.6 Å². The van der Waals surface area contributed by atoms with E-state index < -0.39 is 5.82 Å². The van der Waals surface area contributed by atoms with E-state index in [1.807, 2.05) is 0 Å². The molecule has 3 N–H and O–H groups in total. The topological polar surface area (TPSA) is 38.0 Å². The van der Waals surface area contributed by atoms with Crippen LogP contribution in [0.2, 0.25) is 5.02 Å². The summed E-state index contributed by atoms with van der Waals surface area (Å²) >= 11 is 8.77. The van der Waals surface area contributed by atoms with Crippen LogP contribution in [0, 0.1) is 11.6 Å². The third-order valence-electron chi connectivity index (χ3n) is 2.97. The van der Waals surface area contributed by atoms with E-state index in [1.165, 1.54) is 18.2 Å². The first-order valence-electron chi connectivity index (χ1n) is 5.86. The van der Waals surface area contributed by atoms with E-state index in [0.29, 0.717) is 10.9 Å². The van der Waals surface area contributed by atoms with Crippen molar-refractivity contribution in [3.63, 3.8) is 0 Å². The van der Waals surface area contributed by atoms with Crippen LogP contribution >= 0.6 is 27.5 Å². The summed E-state index contributed by atoms with van der Waals surface area (Å²) in [5.74, 6) is 4.71. The molecular weight excluding hydrogens is 350 g/mol. The number of nitrogens with two attached hydrogens (primary N) is 1. The molecule has 6 heteroatoms. The summed E-state index contributed by atoms with van der Waals surface area (Å²) in [5.41, 5.74) is 4.20. The van der Waals surface area contributed by atoms with Crippen LogP contribution < -0.4 is 11.3 Å². The van der Waals surface area contributed by atoms with Crippen LogP contribution in [-0.4, -0.2) is 0 Å². The largest absolute Gasteiger partial charge is 0.271 e. The minimum Gasteiger partial charge on any atom is -0.271 e. The molecule has 0 saturated carbocycles. The van der Waals surface area contributed by atoms with Gasteiger partial charge in [0.25, 0.3) is 0 Å². The van der Waals surface area contributed by atoms with Crippen molar-refractivity contribution >= 4 is 27.5 Å². The van der Waals surface area contributed by atoms with Crippen molar-refractivity contribution in [3.8, 4) is 0 Å². The van der Waals surface area contributed by atoms with Crippen molar-refractivity contribution in [3.05, 3.63) is 68.7 Å². The van der Waals surface area contributed by atoms with Gasteiger partial charge in [0, 0.05) is 0 Å². The Morgan fingerprint density at radius 3 is 2.50 bits per heavy atom. The van der Waals surface area contributed by atoms with Crippen LogP contribution in [0.4, 0.5) is 8.78 Å². The second-order valence-electron chi connectivity index (χ2n) is 4.35. The van der Waals surface area contributed by atoms with Gasteiger partial charge in [0.05, 0.1) is 15.5 Å². The average molecular weight is 362 g/mol. The molecular formula is C14H12BrClF2N2. The Bertz CT molecular complexity index is 622. The van der Waals surface area contributed by atoms with Crippen LogP contribution in [0.1, 0.15) is 17.2 Å². The fourth-order valence-electron chi connectivity index (χ4n) is 1.90. The molecule has 2 aromatic carbocycles. The van der Waals surface area contributed by atoms with Crippen molar-refractivity contribution in [2.24, 2.45) is 5.84 Å². The van der Waals surface area contributed by atoms with Crippen molar-refractivity contribution in [1.29, 1.82) is 0 Å². The summed E-state index contributed by atoms with van der Waals surface area (Å²) in [6.07, 6.45) is 0.461. The molecule has 0 aliphatic carbocycles. The SMILES string of the molecule is NNC(Cc1ccc(Cl)c(F)c1)c1ccc(F)c(Br)c1. The molecule has 0 saturated heterocycles. The van der Waals surface area contributed by atoms with E-state index in [9.17, 15) is 8.78 Å². The first-order chi connectivity index (χ1) is 9.51. The van der Waals surface area contributed by atoms with Gasteiger partial charge in [-0.05, 0) is 57.7 Å². The smallest absolute Gasteiger partial charge is 0.142 e. The quantitative estimate of drug-likeness (QED) is 0.635. The Morgan fingerprint density at radius 2 is 1.90 bits per heavy atom. The first-order valence-corrected chi connectivity index (χ1v) is 7.03. The summed E-state index contributed by atoms with van der Waals surface area (Å²) in [6.45, 7) is 0. The predicted octanol–water partition coefficient (Wildman–Crippen LogP) is 4.13. The van der Waals surface area contributed by atoms with E-state index in [2.05, 4.69) is 21.4 Å². The Balaban J connectivity index is 2.23. The van der Waals surface area contributed by atoms with Gasteiger partial charge in [-0.25, -0.2) is 8.78 Å². The third-order valence-corrected chi connectivity index (χ3v) is 3.89. The van der Waals surface area contributed by atoms with Gasteiger partial charge in [-0.2, -0.15) is 0 Å². The Kier molecular flexibility index (Phi) is 5.10. The van der Waals surface area contributed by atoms with Crippen molar-refractivity contribution in [1.82, 2.24) is 5.43 Å². The van der Waals surface area contributed by atoms with E-state index in [0.717, 1.165) is 11.1 Å². The van der Waals surface area contributed by atoms with Crippen molar-refractivity contribution in [2.45, 2.75) is 12.5 Å². The fraction of sp³-hybridized carbons (Fsp3) is 0.143. The molecule has 0 aliphatic rings. The molecule has 0 radical (unpaired) electrons. The summed E-state index contributed by atoms with van der Waals surface area (Å²) in [4.78, 5) is 0. The maximum atomic E-state index is 13.4. The lowest BCUT2D eigenvalue weighted by molar-refractivity contribution is 0.545. The van der Waals surface area contributed by atoms with Crippen LogP contribution in [0.25, 0.3) is 0 Å². The average Bonchev–Trinajstić information content (AvgIpc) is 2.43. The zero-order chi connectivity index (χ0) is 14.7. The van der Waals surface area contributed by atoms with Crippen LogP contribution in [-0.2, 0) is 6.42 Å². The molecule has 0 heterocycles. The van der Waals surface area contributed by atoms with E-state index >= 15 is 0 Å². The van der Waals surface area contributed by atoms with Gasteiger partial charge in [-0.3, -0.25) is 11.3 Å². The molecule has 0 spiro atoms. The summed E-state index contributed by atoms with van der Waals surface area (Å²) in [6, 6.07) is 8.97. The Morgan fingerprint density at radius 1 is 1.15 bits per heavy atom. The molecule has 0 aromatic heterocycles. The number of nitrogens with one attached hydrogen (secondary N) is 1. The minimum atomic E-state index is -0.472. The Hall–Kier alpha value is -1.01. The minimum absolute atomic E-state index is 0.0792. The number of halogens is 4. The summed E-state index contributed by atoms with van der Waals surface area (Å²) in [5, 5.41) is 0.0792. The van der Waals surface area contributed by atoms with E-state index in [1.54, 1.807) is 18.2 Å². The summed E-state index contributed by atoms with van der Waals surface area (Å²) in [7, 11) is 0. The van der Waals surface area contributed by atoms with Gasteiger partial charge in [-0.15, -0.1) is 0 Å². The molecule has 20 heavy (non-hydrogen) atoms. The predicted molar refractivity (Wildman–Crippen MR) is 79.3 cm³/mol. The van der Waals surface area contributed by atoms with E-state index in [4.69, 9.17) is 17.4 Å². The highest BCUT2D eigenvalue weighted by Crippen LogP contribution is 2.25. The maximum absolute atomic E-state index is 13.4. The zero-order valence-electron chi connectivity index (χ0n) is 10.3. The van der Waals surface area contributed by atoms with Gasteiger partial charge in [0.2, 0.25) is 0 Å². The zero-order valence-corrected chi connectivity index (χ0v) is 12.7. The lowest BCUT2D eigenvalue weighted by Crippen LogP contribution is -2.29. The number of rotatable bonds is 4. The second kappa shape index (κ2) is 6.63. The molecule has 0 bridgehead atoms. The highest BCUT2D eigenvalue weighted by atomic mass is 79.9. The molecule has 2 aromatic rings. The molecule has 0 fully saturated rings. The number of hydrogen-bond acceptors (Lipinski definition) is 2. The normalized spacial score (nSPS) is 12.4. The fourth-order valence-corrected chi connectivity index (χ4v) is 2.42. The molecule has 106 valence electrons. The van der Waals surface area contributed by atoms with Crippen LogP contribution in [0.3, 0.4) is 0 Å². The van der Waals surface area contributed by atoms with Gasteiger partial charge in [0.15, 0.2) is 0 Å². The van der Waals surface area contributed by atoms with E-state index in [-0.39, 0.29) is 16.9 Å². The lowest BCUT2D eigenvalue weighted by atomic mass is 9.99. The van der Waals surface area contributed by atoms with Gasteiger partial charge < -0.3 is 0 Å². The van der Waals surface area contributed by atoms with Crippen molar-refractivity contribution in [2.75, 3.05) is 0 Å². The van der Waals surface area contributed by atoms with Crippen LogP contribution in [0.15, 0.2) is 40.9 Å².